The van der Waals surface area contributed by atoms with Gasteiger partial charge in [-0.15, -0.1) is 0 Å². The number of nitrogens with one attached hydrogen (secondary N) is 1. The van der Waals surface area contributed by atoms with Crippen LogP contribution < -0.4 is 10.1 Å². The third-order valence-corrected chi connectivity index (χ3v) is 4.84. The summed E-state index contributed by atoms with van der Waals surface area (Å²) < 4.78 is 19.6. The summed E-state index contributed by atoms with van der Waals surface area (Å²) in [5.41, 5.74) is 2.87. The summed E-state index contributed by atoms with van der Waals surface area (Å²) in [6.45, 7) is 3.75. The van der Waals surface area contributed by atoms with Gasteiger partial charge in [0, 0.05) is 12.0 Å². The van der Waals surface area contributed by atoms with Gasteiger partial charge in [0.25, 0.3) is 5.91 Å². The molecule has 0 aromatic heterocycles. The van der Waals surface area contributed by atoms with Crippen LogP contribution >= 0.6 is 0 Å². The van der Waals surface area contributed by atoms with E-state index in [2.05, 4.69) is 5.32 Å². The Labute approximate surface area is 184 Å². The molecule has 0 heterocycles. The van der Waals surface area contributed by atoms with Crippen LogP contribution in [0.1, 0.15) is 37.4 Å². The van der Waals surface area contributed by atoms with E-state index >= 15 is 0 Å². The van der Waals surface area contributed by atoms with E-state index < -0.39 is 29.7 Å². The lowest BCUT2D eigenvalue weighted by Crippen LogP contribution is -2.42. The van der Waals surface area contributed by atoms with Crippen LogP contribution in [-0.4, -0.2) is 29.0 Å². The van der Waals surface area contributed by atoms with E-state index in [9.17, 15) is 23.9 Å². The predicted octanol–water partition coefficient (Wildman–Crippen LogP) is 4.09. The highest BCUT2D eigenvalue weighted by molar-refractivity contribution is 5.96. The number of esters is 1. The van der Waals surface area contributed by atoms with Gasteiger partial charge >= 0.3 is 11.9 Å². The SMILES string of the molecule is Cc1ccc(C(=O)NC(Cc2ccc(OC(=O)c3ccc(C)cc3)c(F)c2)C(=O)O)cc1. The van der Waals surface area contributed by atoms with E-state index in [4.69, 9.17) is 4.74 Å². The van der Waals surface area contributed by atoms with Crippen molar-refractivity contribution in [2.45, 2.75) is 26.3 Å². The van der Waals surface area contributed by atoms with E-state index in [1.54, 1.807) is 48.5 Å². The van der Waals surface area contributed by atoms with Gasteiger partial charge in [-0.2, -0.15) is 0 Å². The Morgan fingerprint density at radius 2 is 1.47 bits per heavy atom. The van der Waals surface area contributed by atoms with Gasteiger partial charge in [0.15, 0.2) is 11.6 Å². The number of ether oxygens (including phenoxy) is 1. The monoisotopic (exact) mass is 435 g/mol. The van der Waals surface area contributed by atoms with E-state index in [0.717, 1.165) is 17.2 Å². The number of aliphatic carboxylic acids is 1. The first-order chi connectivity index (χ1) is 15.2. The first-order valence-corrected chi connectivity index (χ1v) is 9.90. The number of benzene rings is 3. The molecule has 3 aromatic rings. The molecule has 0 bridgehead atoms. The lowest BCUT2D eigenvalue weighted by molar-refractivity contribution is -0.139. The van der Waals surface area contributed by atoms with Crippen LogP contribution in [0.4, 0.5) is 4.39 Å². The van der Waals surface area contributed by atoms with Gasteiger partial charge in [-0.25, -0.2) is 14.0 Å². The minimum Gasteiger partial charge on any atom is -0.480 e. The molecule has 0 radical (unpaired) electrons. The Hall–Kier alpha value is -4.00. The molecule has 32 heavy (non-hydrogen) atoms. The van der Waals surface area contributed by atoms with Crippen LogP contribution in [0, 0.1) is 19.7 Å². The van der Waals surface area contributed by atoms with Crippen molar-refractivity contribution in [1.82, 2.24) is 5.32 Å². The molecular formula is C25H22FNO5. The Bertz CT molecular complexity index is 1140. The minimum atomic E-state index is -1.26. The highest BCUT2D eigenvalue weighted by Crippen LogP contribution is 2.21. The molecule has 2 N–H and O–H groups in total. The predicted molar refractivity (Wildman–Crippen MR) is 116 cm³/mol. The summed E-state index contributed by atoms with van der Waals surface area (Å²) in [6, 6.07) is 15.9. The normalized spacial score (nSPS) is 11.5. The molecular weight excluding hydrogens is 413 g/mol. The molecule has 0 saturated heterocycles. The summed E-state index contributed by atoms with van der Waals surface area (Å²) in [5, 5.41) is 11.9. The van der Waals surface area contributed by atoms with Crippen LogP contribution in [-0.2, 0) is 11.2 Å². The number of carbonyl (C=O) groups excluding carboxylic acids is 2. The third kappa shape index (κ3) is 5.78. The Morgan fingerprint density at radius 3 is 2.00 bits per heavy atom. The first-order valence-electron chi connectivity index (χ1n) is 9.90. The van der Waals surface area contributed by atoms with Crippen LogP contribution in [0.25, 0.3) is 0 Å². The molecule has 1 unspecified atom stereocenters. The molecule has 1 amide bonds. The minimum absolute atomic E-state index is 0.143. The van der Waals surface area contributed by atoms with Crippen LogP contribution in [0.5, 0.6) is 5.75 Å². The molecule has 164 valence electrons. The zero-order valence-corrected chi connectivity index (χ0v) is 17.6. The number of carboxylic acids is 1. The maximum absolute atomic E-state index is 14.5. The Kier molecular flexibility index (Phi) is 7.00. The van der Waals surface area contributed by atoms with E-state index in [1.807, 2.05) is 13.8 Å². The highest BCUT2D eigenvalue weighted by atomic mass is 19.1. The summed E-state index contributed by atoms with van der Waals surface area (Å²) in [6.07, 6.45) is -0.143. The number of halogens is 1. The fourth-order valence-corrected chi connectivity index (χ4v) is 2.98. The Morgan fingerprint density at radius 1 is 0.906 bits per heavy atom. The summed E-state index contributed by atoms with van der Waals surface area (Å²) >= 11 is 0. The van der Waals surface area contributed by atoms with E-state index in [-0.39, 0.29) is 17.7 Å². The average Bonchev–Trinajstić information content (AvgIpc) is 2.76. The van der Waals surface area contributed by atoms with Gasteiger partial charge in [-0.1, -0.05) is 41.5 Å². The van der Waals surface area contributed by atoms with Crippen LogP contribution in [0.15, 0.2) is 66.7 Å². The van der Waals surface area contributed by atoms with Crippen molar-refractivity contribution < 1.29 is 28.6 Å². The molecule has 0 aliphatic carbocycles. The van der Waals surface area contributed by atoms with E-state index in [0.29, 0.717) is 11.1 Å². The topological polar surface area (TPSA) is 92.7 Å². The van der Waals surface area contributed by atoms with Crippen molar-refractivity contribution in [3.05, 3.63) is 100 Å². The lowest BCUT2D eigenvalue weighted by atomic mass is 10.0. The molecule has 0 fully saturated rings. The second kappa shape index (κ2) is 9.87. The van der Waals surface area contributed by atoms with Crippen LogP contribution in [0.2, 0.25) is 0 Å². The number of aryl methyl sites for hydroxylation is 2. The number of amides is 1. The molecule has 0 spiro atoms. The van der Waals surface area contributed by atoms with Crippen molar-refractivity contribution in [1.29, 1.82) is 0 Å². The second-order valence-corrected chi connectivity index (χ2v) is 7.45. The number of hydrogen-bond acceptors (Lipinski definition) is 4. The standard InChI is InChI=1S/C25H22FNO5/c1-15-3-8-18(9-4-15)23(28)27-21(24(29)30)14-17-7-12-22(20(26)13-17)32-25(31)19-10-5-16(2)6-11-19/h3-13,21H,14H2,1-2H3,(H,27,28)(H,29,30). The Balaban J connectivity index is 1.68. The van der Waals surface area contributed by atoms with Gasteiger partial charge in [0.1, 0.15) is 6.04 Å². The molecule has 3 aromatic carbocycles. The molecule has 0 aliphatic rings. The third-order valence-electron chi connectivity index (χ3n) is 4.84. The number of carbonyl (C=O) groups is 3. The average molecular weight is 435 g/mol. The van der Waals surface area contributed by atoms with E-state index in [1.165, 1.54) is 12.1 Å². The van der Waals surface area contributed by atoms with Crippen molar-refractivity contribution in [2.75, 3.05) is 0 Å². The van der Waals surface area contributed by atoms with Gasteiger partial charge in [-0.05, 0) is 55.8 Å². The second-order valence-electron chi connectivity index (χ2n) is 7.45. The largest absolute Gasteiger partial charge is 0.480 e. The van der Waals surface area contributed by atoms with Gasteiger partial charge in [0.05, 0.1) is 5.56 Å². The zero-order chi connectivity index (χ0) is 23.3. The molecule has 0 aliphatic heterocycles. The molecule has 3 rings (SSSR count). The summed E-state index contributed by atoms with van der Waals surface area (Å²) in [5.74, 6) is -3.57. The summed E-state index contributed by atoms with van der Waals surface area (Å²) in [7, 11) is 0. The summed E-state index contributed by atoms with van der Waals surface area (Å²) in [4.78, 5) is 36.2. The molecule has 7 heteroatoms. The van der Waals surface area contributed by atoms with Gasteiger partial charge in [-0.3, -0.25) is 4.79 Å². The van der Waals surface area contributed by atoms with Gasteiger partial charge in [0.2, 0.25) is 0 Å². The molecule has 1 atom stereocenters. The zero-order valence-electron chi connectivity index (χ0n) is 17.6. The maximum Gasteiger partial charge on any atom is 0.343 e. The van der Waals surface area contributed by atoms with Crippen molar-refractivity contribution in [2.24, 2.45) is 0 Å². The van der Waals surface area contributed by atoms with Crippen molar-refractivity contribution >= 4 is 17.8 Å². The quantitative estimate of drug-likeness (QED) is 0.431. The lowest BCUT2D eigenvalue weighted by Gasteiger charge is -2.15. The smallest absolute Gasteiger partial charge is 0.343 e. The molecule has 6 nitrogen and oxygen atoms in total. The fraction of sp³-hybridized carbons (Fsp3) is 0.160. The van der Waals surface area contributed by atoms with Crippen LogP contribution in [0.3, 0.4) is 0 Å². The highest BCUT2D eigenvalue weighted by Gasteiger charge is 2.22. The number of carboxylic acid groups (broad SMARTS) is 1. The van der Waals surface area contributed by atoms with Crippen molar-refractivity contribution in [3.8, 4) is 5.75 Å². The fourth-order valence-electron chi connectivity index (χ4n) is 2.98. The van der Waals surface area contributed by atoms with Crippen molar-refractivity contribution in [3.63, 3.8) is 0 Å². The number of rotatable bonds is 7. The maximum atomic E-state index is 14.5. The van der Waals surface area contributed by atoms with Gasteiger partial charge < -0.3 is 15.2 Å². The number of hydrogen-bond donors (Lipinski definition) is 2. The molecule has 0 saturated carbocycles. The first kappa shape index (κ1) is 22.7.